The van der Waals surface area contributed by atoms with E-state index in [9.17, 15) is 14.7 Å². The first-order valence-corrected chi connectivity index (χ1v) is 39.5. The zero-order chi connectivity index (χ0) is 63.3. The minimum Gasteiger partial charge on any atom is -0.462 e. The lowest BCUT2D eigenvalue weighted by molar-refractivity contribution is -0.161. The van der Waals surface area contributed by atoms with E-state index in [1.165, 1.54) is 334 Å². The Kier molecular flexibility index (Phi) is 76.2. The number of allylic oxidation sites excluding steroid dienone is 12. The minimum atomic E-state index is -0.772. The Morgan fingerprint density at radius 3 is 0.739 bits per heavy atom. The molecule has 0 amide bonds. The smallest absolute Gasteiger partial charge is 0.306 e. The number of carbonyl (C=O) groups is 2. The Hall–Kier alpha value is -2.66. The number of aliphatic hydroxyl groups excluding tert-OH is 1. The average molecular weight is 1230 g/mol. The molecule has 0 aliphatic rings. The van der Waals surface area contributed by atoms with E-state index in [2.05, 4.69) is 86.8 Å². The van der Waals surface area contributed by atoms with E-state index in [0.29, 0.717) is 12.8 Å². The van der Waals surface area contributed by atoms with Gasteiger partial charge in [-0.15, -0.1) is 0 Å². The molecule has 0 fully saturated rings. The summed E-state index contributed by atoms with van der Waals surface area (Å²) in [6.45, 7) is 4.08. The van der Waals surface area contributed by atoms with Crippen LogP contribution in [0.4, 0.5) is 0 Å². The van der Waals surface area contributed by atoms with Crippen LogP contribution in [0.25, 0.3) is 0 Å². The van der Waals surface area contributed by atoms with Gasteiger partial charge in [-0.2, -0.15) is 0 Å². The molecule has 0 spiro atoms. The van der Waals surface area contributed by atoms with Crippen molar-refractivity contribution in [3.8, 4) is 0 Å². The van der Waals surface area contributed by atoms with Gasteiger partial charge in [0.2, 0.25) is 0 Å². The number of hydrogen-bond donors (Lipinski definition) is 1. The van der Waals surface area contributed by atoms with Crippen LogP contribution in [0.2, 0.25) is 0 Å². The summed E-state index contributed by atoms with van der Waals surface area (Å²) in [5.74, 6) is -0.566. The van der Waals surface area contributed by atoms with Gasteiger partial charge in [0.15, 0.2) is 6.10 Å². The van der Waals surface area contributed by atoms with Gasteiger partial charge < -0.3 is 14.6 Å². The molecule has 0 heterocycles. The Labute approximate surface area is 550 Å². The number of esters is 2. The molecule has 0 aromatic rings. The zero-order valence-corrected chi connectivity index (χ0v) is 59.3. The predicted molar refractivity (Wildman–Crippen MR) is 390 cm³/mol. The van der Waals surface area contributed by atoms with Crippen molar-refractivity contribution in [2.24, 2.45) is 0 Å². The second-order valence-corrected chi connectivity index (χ2v) is 26.8. The largest absolute Gasteiger partial charge is 0.462 e. The van der Waals surface area contributed by atoms with Crippen molar-refractivity contribution in [3.05, 3.63) is 72.9 Å². The third kappa shape index (κ3) is 75.8. The van der Waals surface area contributed by atoms with Crippen LogP contribution in [0.3, 0.4) is 0 Å². The summed E-state index contributed by atoms with van der Waals surface area (Å²) in [5.41, 5.74) is 0. The first-order chi connectivity index (χ1) is 43.6. The van der Waals surface area contributed by atoms with E-state index in [1.54, 1.807) is 0 Å². The molecule has 0 saturated carbocycles. The number of aliphatic hydroxyl groups is 1. The zero-order valence-electron chi connectivity index (χ0n) is 59.3. The average Bonchev–Trinajstić information content (AvgIpc) is 3.56. The maximum absolute atomic E-state index is 12.4. The first-order valence-electron chi connectivity index (χ1n) is 39.5. The molecule has 1 unspecified atom stereocenters. The topological polar surface area (TPSA) is 72.8 Å². The highest BCUT2D eigenvalue weighted by molar-refractivity contribution is 5.70. The van der Waals surface area contributed by atoms with Gasteiger partial charge in [0.25, 0.3) is 0 Å². The van der Waals surface area contributed by atoms with Gasteiger partial charge in [-0.3, -0.25) is 9.59 Å². The van der Waals surface area contributed by atoms with Gasteiger partial charge in [0.05, 0.1) is 6.61 Å². The lowest BCUT2D eigenvalue weighted by atomic mass is 10.0. The van der Waals surface area contributed by atoms with Crippen LogP contribution >= 0.6 is 0 Å². The van der Waals surface area contributed by atoms with Gasteiger partial charge >= 0.3 is 11.9 Å². The summed E-state index contributed by atoms with van der Waals surface area (Å²) >= 11 is 0. The third-order valence-corrected chi connectivity index (χ3v) is 18.0. The van der Waals surface area contributed by atoms with Crippen molar-refractivity contribution in [2.75, 3.05) is 13.2 Å². The van der Waals surface area contributed by atoms with Crippen LogP contribution < -0.4 is 0 Å². The highest BCUT2D eigenvalue weighted by Gasteiger charge is 2.16. The second-order valence-electron chi connectivity index (χ2n) is 26.8. The van der Waals surface area contributed by atoms with Crippen LogP contribution in [0.5, 0.6) is 0 Å². The van der Waals surface area contributed by atoms with Crippen molar-refractivity contribution >= 4 is 11.9 Å². The molecule has 5 heteroatoms. The fourth-order valence-corrected chi connectivity index (χ4v) is 12.1. The molecule has 514 valence electrons. The van der Waals surface area contributed by atoms with Crippen molar-refractivity contribution < 1.29 is 24.2 Å². The van der Waals surface area contributed by atoms with Gasteiger partial charge in [-0.05, 0) is 83.5 Å². The normalized spacial score (nSPS) is 12.5. The summed E-state index contributed by atoms with van der Waals surface area (Å²) in [5, 5.41) is 9.73. The first kappa shape index (κ1) is 85.3. The summed E-state index contributed by atoms with van der Waals surface area (Å²) in [6.07, 6.45) is 110. The molecule has 0 bridgehead atoms. The van der Waals surface area contributed by atoms with Crippen molar-refractivity contribution in [2.45, 2.75) is 431 Å². The molecule has 0 saturated heterocycles. The number of hydrogen-bond acceptors (Lipinski definition) is 5. The molecule has 0 radical (unpaired) electrons. The Morgan fingerprint density at radius 2 is 0.489 bits per heavy atom. The predicted octanol–water partition coefficient (Wildman–Crippen LogP) is 27.8. The lowest BCUT2D eigenvalue weighted by Gasteiger charge is -2.15. The van der Waals surface area contributed by atoms with E-state index in [0.717, 1.165) is 64.2 Å². The summed E-state index contributed by atoms with van der Waals surface area (Å²) < 4.78 is 10.8. The fourth-order valence-electron chi connectivity index (χ4n) is 12.1. The second kappa shape index (κ2) is 78.6. The highest BCUT2D eigenvalue weighted by Crippen LogP contribution is 2.20. The van der Waals surface area contributed by atoms with Crippen LogP contribution in [0.15, 0.2) is 72.9 Å². The lowest BCUT2D eigenvalue weighted by Crippen LogP contribution is -2.28. The third-order valence-electron chi connectivity index (χ3n) is 18.0. The van der Waals surface area contributed by atoms with Crippen molar-refractivity contribution in [3.63, 3.8) is 0 Å². The quantitative estimate of drug-likeness (QED) is 0.0373. The van der Waals surface area contributed by atoms with Crippen molar-refractivity contribution in [1.82, 2.24) is 0 Å². The minimum absolute atomic E-state index is 0.0606. The summed E-state index contributed by atoms with van der Waals surface area (Å²) in [4.78, 5) is 24.7. The molecule has 88 heavy (non-hydrogen) atoms. The van der Waals surface area contributed by atoms with Crippen LogP contribution in [0.1, 0.15) is 425 Å². The number of rotatable bonds is 74. The number of carbonyl (C=O) groups excluding carboxylic acids is 2. The maximum Gasteiger partial charge on any atom is 0.306 e. The van der Waals surface area contributed by atoms with Crippen molar-refractivity contribution in [1.29, 1.82) is 0 Å². The van der Waals surface area contributed by atoms with Gasteiger partial charge in [-0.1, -0.05) is 401 Å². The Morgan fingerprint density at radius 1 is 0.273 bits per heavy atom. The monoisotopic (exact) mass is 1230 g/mol. The summed E-state index contributed by atoms with van der Waals surface area (Å²) in [7, 11) is 0. The molecule has 0 aliphatic heterocycles. The standard InChI is InChI=1S/C83H152O5/c1-3-5-7-9-11-13-15-17-19-21-23-25-27-29-31-33-35-37-38-39-40-41-42-43-44-46-47-49-51-53-55-57-59-61-63-65-67-69-71-73-75-77-82(85)87-80-81(79-84)88-83(86)78-76-74-72-70-68-66-64-62-60-58-56-54-52-50-48-45-36-34-32-30-28-26-24-22-20-18-16-14-12-10-8-6-4-2/h6,8,12,14-15,17-18,20-21,23-24,26,81,84H,3-5,7,9-11,13,16,19,22,25,27-80H2,1-2H3/b8-6-,14-12-,17-15-,20-18-,23-21-,26-24-. The fraction of sp³-hybridized carbons (Fsp3) is 0.831. The molecule has 0 aromatic carbocycles. The Bertz CT molecular complexity index is 1540. The Balaban J connectivity index is 3.37. The van der Waals surface area contributed by atoms with E-state index in [4.69, 9.17) is 9.47 Å². The molecular weight excluding hydrogens is 1080 g/mol. The molecule has 1 N–H and O–H groups in total. The van der Waals surface area contributed by atoms with Gasteiger partial charge in [0, 0.05) is 12.8 Å². The molecule has 0 aliphatic carbocycles. The van der Waals surface area contributed by atoms with E-state index in [1.807, 2.05) is 0 Å². The maximum atomic E-state index is 12.4. The van der Waals surface area contributed by atoms with Gasteiger partial charge in [0.1, 0.15) is 6.61 Å². The van der Waals surface area contributed by atoms with E-state index >= 15 is 0 Å². The van der Waals surface area contributed by atoms with E-state index < -0.39 is 6.10 Å². The van der Waals surface area contributed by atoms with Gasteiger partial charge in [-0.25, -0.2) is 0 Å². The highest BCUT2D eigenvalue weighted by atomic mass is 16.6. The van der Waals surface area contributed by atoms with Crippen LogP contribution in [-0.2, 0) is 19.1 Å². The summed E-state index contributed by atoms with van der Waals surface area (Å²) in [6, 6.07) is 0. The van der Waals surface area contributed by atoms with E-state index in [-0.39, 0.29) is 25.2 Å². The van der Waals surface area contributed by atoms with Crippen LogP contribution in [-0.4, -0.2) is 36.4 Å². The molecule has 0 rings (SSSR count). The number of ether oxygens (including phenoxy) is 2. The SMILES string of the molecule is CC/C=C\C/C=C\C/C=C\C/C=C\CCCCCCCCCCCCCCCCCCCCCCC(=O)OC(CO)COC(=O)CCCCCCCCCCCCCCCCCCCCCCCCCCCCCCC/C=C\C/C=C\CCCCCCC. The molecule has 0 aromatic heterocycles. The number of unbranched alkanes of at least 4 members (excludes halogenated alkanes) is 54. The molecular formula is C83H152O5. The molecule has 5 nitrogen and oxygen atoms in total. The van der Waals surface area contributed by atoms with Crippen LogP contribution in [0, 0.1) is 0 Å². The molecule has 1 atom stereocenters.